The molecule has 11 rings (SSSR count). The number of imide groups is 2. The molecule has 4 saturated heterocycles. The average molecular weight is 723 g/mol. The van der Waals surface area contributed by atoms with Crippen LogP contribution in [0.1, 0.15) is 118 Å². The molecule has 10 nitrogen and oxygen atoms in total. The van der Waals surface area contributed by atoms with E-state index in [0.29, 0.717) is 48.4 Å². The molecule has 5 aromatic rings. The first-order valence-electron chi connectivity index (χ1n) is 20.6. The van der Waals surface area contributed by atoms with Gasteiger partial charge in [0.15, 0.2) is 0 Å². The van der Waals surface area contributed by atoms with E-state index in [1.807, 2.05) is 22.2 Å². The van der Waals surface area contributed by atoms with Gasteiger partial charge in [0.2, 0.25) is 0 Å². The van der Waals surface area contributed by atoms with Gasteiger partial charge in [-0.1, -0.05) is 25.0 Å². The average Bonchev–Trinajstić information content (AvgIpc) is 3.22. The number of hydrogen-bond donors (Lipinski definition) is 0. The summed E-state index contributed by atoms with van der Waals surface area (Å²) >= 11 is 0. The number of rotatable bonds is 4. The van der Waals surface area contributed by atoms with Crippen molar-refractivity contribution in [2.45, 2.75) is 77.0 Å². The summed E-state index contributed by atoms with van der Waals surface area (Å²) in [7, 11) is 0. The molecular weight excluding hydrogens is 677 g/mol. The van der Waals surface area contributed by atoms with E-state index >= 15 is 0 Å². The molecule has 10 heteroatoms. The van der Waals surface area contributed by atoms with Crippen molar-refractivity contribution in [1.82, 2.24) is 20.0 Å². The molecule has 0 radical (unpaired) electrons. The summed E-state index contributed by atoms with van der Waals surface area (Å²) < 4.78 is 0. The number of hydrazine groups is 2. The monoisotopic (exact) mass is 722 g/mol. The maximum absolute atomic E-state index is 14.7. The number of carbonyl (C=O) groups is 4. The molecule has 0 spiro atoms. The van der Waals surface area contributed by atoms with Gasteiger partial charge in [-0.25, -0.2) is 20.0 Å². The van der Waals surface area contributed by atoms with E-state index in [9.17, 15) is 19.2 Å². The van der Waals surface area contributed by atoms with Crippen molar-refractivity contribution < 1.29 is 19.2 Å². The maximum Gasteiger partial charge on any atom is 0.276 e. The molecular formula is C44H46N6O4. The van der Waals surface area contributed by atoms with E-state index in [-0.39, 0.29) is 23.6 Å². The van der Waals surface area contributed by atoms with Crippen molar-refractivity contribution in [2.75, 3.05) is 62.2 Å². The third-order valence-corrected chi connectivity index (χ3v) is 13.4. The second-order valence-corrected chi connectivity index (χ2v) is 16.4. The molecule has 0 aromatic heterocycles. The van der Waals surface area contributed by atoms with E-state index < -0.39 is 0 Å². The molecule has 6 aliphatic heterocycles. The lowest BCUT2D eigenvalue weighted by Crippen LogP contribution is -2.53. The van der Waals surface area contributed by atoms with Crippen LogP contribution >= 0.6 is 0 Å². The third kappa shape index (κ3) is 4.53. The zero-order chi connectivity index (χ0) is 36.2. The Morgan fingerprint density at radius 1 is 0.333 bits per heavy atom. The highest BCUT2D eigenvalue weighted by Gasteiger charge is 2.42. The summed E-state index contributed by atoms with van der Waals surface area (Å²) in [4.78, 5) is 63.4. The Morgan fingerprint density at radius 3 is 1.04 bits per heavy atom. The first-order chi connectivity index (χ1) is 26.5. The molecule has 0 atom stereocenters. The van der Waals surface area contributed by atoms with Gasteiger partial charge >= 0.3 is 0 Å². The lowest BCUT2D eigenvalue weighted by Gasteiger charge is -2.40. The van der Waals surface area contributed by atoms with Crippen molar-refractivity contribution in [3.8, 4) is 0 Å². The van der Waals surface area contributed by atoms with Gasteiger partial charge in [-0.3, -0.25) is 19.2 Å². The van der Waals surface area contributed by atoms with Gasteiger partial charge in [0.1, 0.15) is 0 Å². The van der Waals surface area contributed by atoms with Crippen LogP contribution in [0.15, 0.2) is 36.4 Å². The summed E-state index contributed by atoms with van der Waals surface area (Å²) in [6.45, 7) is 6.28. The predicted molar refractivity (Wildman–Crippen MR) is 212 cm³/mol. The maximum atomic E-state index is 14.7. The van der Waals surface area contributed by atoms with Gasteiger partial charge in [0, 0.05) is 96.1 Å². The highest BCUT2D eigenvalue weighted by Crippen LogP contribution is 2.52. The fourth-order valence-electron chi connectivity index (χ4n) is 10.8. The molecule has 0 bridgehead atoms. The van der Waals surface area contributed by atoms with Gasteiger partial charge in [-0.15, -0.1) is 0 Å². The molecule has 4 fully saturated rings. The highest BCUT2D eigenvalue weighted by molar-refractivity contribution is 6.44. The van der Waals surface area contributed by atoms with Gasteiger partial charge in [0.05, 0.1) is 22.3 Å². The number of benzene rings is 5. The Labute approximate surface area is 314 Å². The first-order valence-corrected chi connectivity index (χ1v) is 20.6. The quantitative estimate of drug-likeness (QED) is 0.106. The van der Waals surface area contributed by atoms with Crippen LogP contribution in [0.4, 0.5) is 11.4 Å². The number of nitrogens with zero attached hydrogens (tertiary/aromatic N) is 6. The number of piperidine rings is 4. The van der Waals surface area contributed by atoms with Crippen LogP contribution in [0.25, 0.3) is 43.1 Å². The third-order valence-electron chi connectivity index (χ3n) is 13.4. The Kier molecular flexibility index (Phi) is 7.47. The van der Waals surface area contributed by atoms with Crippen molar-refractivity contribution in [1.29, 1.82) is 0 Å². The van der Waals surface area contributed by atoms with Gasteiger partial charge in [-0.05, 0) is 99.2 Å². The van der Waals surface area contributed by atoms with E-state index in [1.54, 1.807) is 0 Å². The van der Waals surface area contributed by atoms with Crippen LogP contribution in [0.5, 0.6) is 0 Å². The predicted octanol–water partition coefficient (Wildman–Crippen LogP) is 7.71. The van der Waals surface area contributed by atoms with Crippen molar-refractivity contribution in [3.05, 3.63) is 58.7 Å². The summed E-state index contributed by atoms with van der Waals surface area (Å²) in [5.74, 6) is -0.979. The topological polar surface area (TPSA) is 87.7 Å². The Hall–Kier alpha value is -4.80. The Bertz CT molecular complexity index is 2260. The Morgan fingerprint density at radius 2 is 0.667 bits per heavy atom. The van der Waals surface area contributed by atoms with Crippen LogP contribution < -0.4 is 9.80 Å². The molecule has 0 unspecified atom stereocenters. The van der Waals surface area contributed by atoms with Gasteiger partial charge in [0.25, 0.3) is 23.6 Å². The fraction of sp³-hybridized carbons (Fsp3) is 0.455. The summed E-state index contributed by atoms with van der Waals surface area (Å²) in [6.07, 6.45) is 12.6. The molecule has 0 saturated carbocycles. The van der Waals surface area contributed by atoms with E-state index in [1.165, 1.54) is 22.9 Å². The van der Waals surface area contributed by atoms with Gasteiger partial charge in [-0.2, -0.15) is 0 Å². The number of amides is 4. The minimum absolute atomic E-state index is 0.238. The largest absolute Gasteiger partial charge is 0.371 e. The smallest absolute Gasteiger partial charge is 0.276 e. The molecule has 0 N–H and O–H groups in total. The minimum Gasteiger partial charge on any atom is -0.371 e. The molecule has 54 heavy (non-hydrogen) atoms. The van der Waals surface area contributed by atoms with Crippen molar-refractivity contribution in [3.63, 3.8) is 0 Å². The van der Waals surface area contributed by atoms with Crippen LogP contribution in [-0.4, -0.2) is 96.0 Å². The van der Waals surface area contributed by atoms with E-state index in [4.69, 9.17) is 0 Å². The van der Waals surface area contributed by atoms with E-state index in [2.05, 4.69) is 34.1 Å². The normalized spacial score (nSPS) is 21.9. The number of fused-ring (bicyclic) bond motifs is 2. The molecule has 0 aliphatic carbocycles. The lowest BCUT2D eigenvalue weighted by atomic mass is 9.80. The van der Waals surface area contributed by atoms with Crippen molar-refractivity contribution in [2.24, 2.45) is 0 Å². The van der Waals surface area contributed by atoms with Crippen LogP contribution in [0.2, 0.25) is 0 Å². The van der Waals surface area contributed by atoms with Crippen LogP contribution in [-0.2, 0) is 0 Å². The number of anilines is 2. The van der Waals surface area contributed by atoms with Crippen LogP contribution in [0.3, 0.4) is 0 Å². The molecule has 4 amide bonds. The Balaban J connectivity index is 1.26. The lowest BCUT2D eigenvalue weighted by molar-refractivity contribution is -0.0124. The summed E-state index contributed by atoms with van der Waals surface area (Å²) in [6, 6.07) is 12.2. The van der Waals surface area contributed by atoms with E-state index in [0.717, 1.165) is 145 Å². The molecule has 6 aliphatic rings. The highest BCUT2D eigenvalue weighted by atomic mass is 16.2. The van der Waals surface area contributed by atoms with Crippen molar-refractivity contribution >= 4 is 78.1 Å². The number of carbonyl (C=O) groups excluding carboxylic acids is 4. The van der Waals surface area contributed by atoms with Gasteiger partial charge < -0.3 is 9.80 Å². The summed E-state index contributed by atoms with van der Waals surface area (Å²) in [5.41, 5.74) is 4.32. The second kappa shape index (κ2) is 12.4. The minimum atomic E-state index is -0.251. The second-order valence-electron chi connectivity index (χ2n) is 16.4. The van der Waals surface area contributed by atoms with Crippen LogP contribution in [0, 0.1) is 0 Å². The number of hydrogen-bond acceptors (Lipinski definition) is 8. The molecule has 5 aromatic carbocycles. The molecule has 276 valence electrons. The SMILES string of the molecule is O=C1c2ccc3c4c(N5CCCCC5)cc5c6c(ccc(c7c(N8CCCCC8)cc(c2c37)C(=O)N1N1CCCCC1)c64)C(=O)N(N1CCCCC1)C5=O. The zero-order valence-electron chi connectivity index (χ0n) is 30.9. The first kappa shape index (κ1) is 32.6. The summed E-state index contributed by atoms with van der Waals surface area (Å²) in [5, 5.41) is 14.1. The zero-order valence-corrected chi connectivity index (χ0v) is 30.9. The standard InChI is InChI=1S/C44H46N6O4/c51-41-29-16-14-28-38-34(46-19-7-2-8-20-46)26-32-36-30(42(52)50(44(32)54)48-23-11-4-12-24-48)15-13-27(40(36)38)37-33(45-17-5-1-6-18-45)25-31(35(29)39(28)37)43(53)49(41)47-21-9-3-10-22-47/h13-16,25-26H,1-12,17-24H2. The molecule has 6 heterocycles. The fourth-order valence-corrected chi connectivity index (χ4v) is 10.8.